The van der Waals surface area contributed by atoms with E-state index in [2.05, 4.69) is 16.3 Å². The van der Waals surface area contributed by atoms with Crippen LogP contribution in [0.25, 0.3) is 0 Å². The normalized spacial score (nSPS) is 18.7. The van der Waals surface area contributed by atoms with Crippen molar-refractivity contribution in [2.45, 2.75) is 51.5 Å². The second-order valence-corrected chi connectivity index (χ2v) is 4.76. The number of hydrogen-bond acceptors (Lipinski definition) is 3. The fraction of sp³-hybridized carbons (Fsp3) is 0.846. The van der Waals surface area contributed by atoms with E-state index in [1.807, 2.05) is 13.8 Å². The summed E-state index contributed by atoms with van der Waals surface area (Å²) in [6.45, 7) is 6.21. The lowest BCUT2D eigenvalue weighted by molar-refractivity contribution is -0.123. The topological polar surface area (TPSA) is 56.1 Å². The van der Waals surface area contributed by atoms with Gasteiger partial charge in [-0.25, -0.2) is 0 Å². The lowest BCUT2D eigenvalue weighted by atomic mass is 9.83. The summed E-state index contributed by atoms with van der Waals surface area (Å²) in [4.78, 5) is 14.0. The average molecular weight is 237 g/mol. The number of hydrogen-bond donors (Lipinski definition) is 1. The second-order valence-electron chi connectivity index (χ2n) is 4.76. The van der Waals surface area contributed by atoms with Crippen LogP contribution < -0.4 is 5.32 Å². The minimum Gasteiger partial charge on any atom is -0.337 e. The van der Waals surface area contributed by atoms with E-state index < -0.39 is 5.54 Å². The zero-order chi connectivity index (χ0) is 12.7. The largest absolute Gasteiger partial charge is 0.337 e. The summed E-state index contributed by atoms with van der Waals surface area (Å²) in [5.74, 6) is -0.0165. The molecule has 0 atom stereocenters. The minimum absolute atomic E-state index is 0.0165. The summed E-state index contributed by atoms with van der Waals surface area (Å²) in [7, 11) is 0. The molecule has 0 aliphatic heterocycles. The van der Waals surface area contributed by atoms with Gasteiger partial charge in [0.1, 0.15) is 5.54 Å². The number of carbonyl (C=O) groups is 1. The van der Waals surface area contributed by atoms with Gasteiger partial charge in [-0.05, 0) is 25.9 Å². The van der Waals surface area contributed by atoms with Crippen LogP contribution in [0.5, 0.6) is 0 Å². The van der Waals surface area contributed by atoms with Crippen LogP contribution in [0.15, 0.2) is 0 Å². The molecule has 1 aliphatic carbocycles. The Morgan fingerprint density at radius 2 is 1.88 bits per heavy atom. The van der Waals surface area contributed by atoms with Crippen LogP contribution in [-0.2, 0) is 4.79 Å². The average Bonchev–Trinajstić information content (AvgIpc) is 2.37. The monoisotopic (exact) mass is 237 g/mol. The summed E-state index contributed by atoms with van der Waals surface area (Å²) >= 11 is 0. The third-order valence-electron chi connectivity index (χ3n) is 3.56. The van der Waals surface area contributed by atoms with Crippen molar-refractivity contribution in [1.29, 1.82) is 5.26 Å². The van der Waals surface area contributed by atoms with Crippen molar-refractivity contribution < 1.29 is 4.79 Å². The Balaban J connectivity index is 2.51. The van der Waals surface area contributed by atoms with Gasteiger partial charge in [0.2, 0.25) is 5.91 Å². The first kappa shape index (κ1) is 14.0. The molecule has 4 heteroatoms. The van der Waals surface area contributed by atoms with E-state index in [4.69, 9.17) is 0 Å². The predicted molar refractivity (Wildman–Crippen MR) is 67.4 cm³/mol. The van der Waals surface area contributed by atoms with Crippen molar-refractivity contribution in [3.8, 4) is 6.07 Å². The van der Waals surface area contributed by atoms with Gasteiger partial charge in [0, 0.05) is 0 Å². The number of amides is 1. The van der Waals surface area contributed by atoms with Gasteiger partial charge in [0.15, 0.2) is 0 Å². The van der Waals surface area contributed by atoms with Gasteiger partial charge in [-0.2, -0.15) is 5.26 Å². The van der Waals surface area contributed by atoms with E-state index in [0.717, 1.165) is 38.8 Å². The lowest BCUT2D eigenvalue weighted by Crippen LogP contribution is -2.51. The van der Waals surface area contributed by atoms with Crippen molar-refractivity contribution >= 4 is 5.91 Å². The molecule has 0 aromatic carbocycles. The third-order valence-corrected chi connectivity index (χ3v) is 3.56. The van der Waals surface area contributed by atoms with Crippen LogP contribution in [0.2, 0.25) is 0 Å². The fourth-order valence-corrected chi connectivity index (χ4v) is 2.38. The molecule has 1 rings (SSSR count). The van der Waals surface area contributed by atoms with Crippen LogP contribution in [-0.4, -0.2) is 36.0 Å². The van der Waals surface area contributed by atoms with Gasteiger partial charge < -0.3 is 5.32 Å². The Bertz CT molecular complexity index is 286. The van der Waals surface area contributed by atoms with Crippen molar-refractivity contribution in [3.63, 3.8) is 0 Å². The third kappa shape index (κ3) is 4.01. The molecule has 1 amide bonds. The highest BCUT2D eigenvalue weighted by Gasteiger charge is 2.33. The Morgan fingerprint density at radius 3 is 2.35 bits per heavy atom. The number of nitrogens with one attached hydrogen (secondary N) is 1. The summed E-state index contributed by atoms with van der Waals surface area (Å²) < 4.78 is 0. The molecule has 4 nitrogen and oxygen atoms in total. The van der Waals surface area contributed by atoms with Gasteiger partial charge in [0.05, 0.1) is 12.6 Å². The number of carbonyl (C=O) groups excluding carboxylic acids is 1. The number of nitriles is 1. The molecule has 1 N–H and O–H groups in total. The summed E-state index contributed by atoms with van der Waals surface area (Å²) in [6.07, 6.45) is 4.86. The molecule has 96 valence electrons. The van der Waals surface area contributed by atoms with Crippen molar-refractivity contribution in [2.75, 3.05) is 19.6 Å². The van der Waals surface area contributed by atoms with Gasteiger partial charge >= 0.3 is 0 Å². The van der Waals surface area contributed by atoms with E-state index in [9.17, 15) is 10.1 Å². The molecule has 0 aromatic rings. The maximum Gasteiger partial charge on any atom is 0.235 e. The second kappa shape index (κ2) is 6.61. The fourth-order valence-electron chi connectivity index (χ4n) is 2.38. The Hall–Kier alpha value is -1.08. The highest BCUT2D eigenvalue weighted by Crippen LogP contribution is 2.27. The first-order valence-corrected chi connectivity index (χ1v) is 6.60. The molecule has 1 saturated carbocycles. The first-order chi connectivity index (χ1) is 8.15. The van der Waals surface area contributed by atoms with Crippen molar-refractivity contribution in [2.24, 2.45) is 0 Å². The first-order valence-electron chi connectivity index (χ1n) is 6.60. The molecule has 1 fully saturated rings. The van der Waals surface area contributed by atoms with Crippen LogP contribution in [0.1, 0.15) is 46.0 Å². The molecule has 0 saturated heterocycles. The number of nitrogens with zero attached hydrogens (tertiary/aromatic N) is 2. The van der Waals surface area contributed by atoms with Crippen LogP contribution >= 0.6 is 0 Å². The van der Waals surface area contributed by atoms with E-state index in [1.54, 1.807) is 0 Å². The number of rotatable bonds is 5. The van der Waals surface area contributed by atoms with Gasteiger partial charge in [-0.1, -0.05) is 33.1 Å². The molecule has 0 unspecified atom stereocenters. The number of likely N-dealkylation sites (N-methyl/N-ethyl adjacent to an activating group) is 1. The van der Waals surface area contributed by atoms with Crippen LogP contribution in [0, 0.1) is 11.3 Å². The quantitative estimate of drug-likeness (QED) is 0.791. The maximum absolute atomic E-state index is 11.9. The van der Waals surface area contributed by atoms with E-state index in [-0.39, 0.29) is 5.91 Å². The SMILES string of the molecule is CCN(CC)CC(=O)NC1(C#N)CCCCC1. The molecule has 0 heterocycles. The lowest BCUT2D eigenvalue weighted by Gasteiger charge is -2.32. The van der Waals surface area contributed by atoms with Gasteiger partial charge in [0.25, 0.3) is 0 Å². The van der Waals surface area contributed by atoms with Crippen molar-refractivity contribution in [1.82, 2.24) is 10.2 Å². The van der Waals surface area contributed by atoms with Gasteiger partial charge in [-0.15, -0.1) is 0 Å². The van der Waals surface area contributed by atoms with Crippen molar-refractivity contribution in [3.05, 3.63) is 0 Å². The molecule has 0 radical (unpaired) electrons. The molecule has 1 aliphatic rings. The molecule has 0 spiro atoms. The van der Waals surface area contributed by atoms with E-state index in [1.165, 1.54) is 6.42 Å². The summed E-state index contributed by atoms with van der Waals surface area (Å²) in [6, 6.07) is 2.31. The van der Waals surface area contributed by atoms with Crippen LogP contribution in [0.4, 0.5) is 0 Å². The summed E-state index contributed by atoms with van der Waals surface area (Å²) in [5.41, 5.74) is -0.595. The molecule has 0 bridgehead atoms. The molecule has 0 aromatic heterocycles. The predicted octanol–water partition coefficient (Wildman–Crippen LogP) is 1.67. The highest BCUT2D eigenvalue weighted by molar-refractivity contribution is 5.79. The Labute approximate surface area is 104 Å². The minimum atomic E-state index is -0.595. The summed E-state index contributed by atoms with van der Waals surface area (Å²) in [5, 5.41) is 12.2. The van der Waals surface area contributed by atoms with Gasteiger partial charge in [-0.3, -0.25) is 9.69 Å². The Morgan fingerprint density at radius 1 is 1.29 bits per heavy atom. The maximum atomic E-state index is 11.9. The smallest absolute Gasteiger partial charge is 0.235 e. The molecular weight excluding hydrogens is 214 g/mol. The molecular formula is C13H23N3O. The van der Waals surface area contributed by atoms with E-state index >= 15 is 0 Å². The zero-order valence-electron chi connectivity index (χ0n) is 11.0. The van der Waals surface area contributed by atoms with Crippen LogP contribution in [0.3, 0.4) is 0 Å². The zero-order valence-corrected chi connectivity index (χ0v) is 11.0. The van der Waals surface area contributed by atoms with E-state index in [0.29, 0.717) is 6.54 Å². The Kier molecular flexibility index (Phi) is 5.43. The highest BCUT2D eigenvalue weighted by atomic mass is 16.2. The standard InChI is InChI=1S/C13H23N3O/c1-3-16(4-2)10-12(17)15-13(11-14)8-6-5-7-9-13/h3-10H2,1-2H3,(H,15,17). The molecule has 17 heavy (non-hydrogen) atoms.